The zero-order valence-electron chi connectivity index (χ0n) is 13.5. The summed E-state index contributed by atoms with van der Waals surface area (Å²) in [6.07, 6.45) is 8.43. The highest BCUT2D eigenvalue weighted by Gasteiger charge is 2.25. The third-order valence-corrected chi connectivity index (χ3v) is 4.03. The fraction of sp³-hybridized carbons (Fsp3) is 0.412. The zero-order chi connectivity index (χ0) is 16.8. The van der Waals surface area contributed by atoms with Gasteiger partial charge in [-0.2, -0.15) is 0 Å². The van der Waals surface area contributed by atoms with Crippen molar-refractivity contribution in [2.75, 3.05) is 7.11 Å². The van der Waals surface area contributed by atoms with Gasteiger partial charge in [0.1, 0.15) is 11.7 Å². The summed E-state index contributed by atoms with van der Waals surface area (Å²) < 4.78 is 10.9. The molecule has 7 heteroatoms. The lowest BCUT2D eigenvalue weighted by Gasteiger charge is -2.28. The number of methoxy groups -OCH3 is 1. The van der Waals surface area contributed by atoms with E-state index in [2.05, 4.69) is 20.3 Å². The smallest absolute Gasteiger partial charge is 0.316 e. The van der Waals surface area contributed by atoms with E-state index in [-0.39, 0.29) is 18.1 Å². The molecule has 126 valence electrons. The molecule has 1 aliphatic rings. The summed E-state index contributed by atoms with van der Waals surface area (Å²) >= 11 is 0. The SMILES string of the molecule is COc1ncccc1C(=O)NC1CCC(Oc2ncccn2)CC1. The van der Waals surface area contributed by atoms with Gasteiger partial charge in [0.25, 0.3) is 5.91 Å². The first-order chi connectivity index (χ1) is 11.8. The molecule has 1 amide bonds. The van der Waals surface area contributed by atoms with Crippen LogP contribution in [0.25, 0.3) is 0 Å². The number of amides is 1. The van der Waals surface area contributed by atoms with Gasteiger partial charge >= 0.3 is 6.01 Å². The second-order valence-electron chi connectivity index (χ2n) is 5.66. The first kappa shape index (κ1) is 16.2. The number of ether oxygens (including phenoxy) is 2. The topological polar surface area (TPSA) is 86.2 Å². The molecule has 0 bridgehead atoms. The number of carbonyl (C=O) groups excluding carboxylic acids is 1. The van der Waals surface area contributed by atoms with Gasteiger partial charge in [0, 0.05) is 24.6 Å². The third-order valence-electron chi connectivity index (χ3n) is 4.03. The van der Waals surface area contributed by atoms with Crippen molar-refractivity contribution >= 4 is 5.91 Å². The first-order valence-corrected chi connectivity index (χ1v) is 8.00. The highest BCUT2D eigenvalue weighted by Crippen LogP contribution is 2.23. The monoisotopic (exact) mass is 328 g/mol. The Morgan fingerprint density at radius 2 is 1.79 bits per heavy atom. The summed E-state index contributed by atoms with van der Waals surface area (Å²) in [6.45, 7) is 0. The number of rotatable bonds is 5. The Labute approximate surface area is 140 Å². The predicted octanol–water partition coefficient (Wildman–Crippen LogP) is 2.00. The minimum atomic E-state index is -0.157. The summed E-state index contributed by atoms with van der Waals surface area (Å²) in [5.74, 6) is 0.184. The molecule has 2 aromatic rings. The van der Waals surface area contributed by atoms with Gasteiger partial charge < -0.3 is 14.8 Å². The number of pyridine rings is 1. The Morgan fingerprint density at radius 3 is 2.50 bits per heavy atom. The fourth-order valence-corrected chi connectivity index (χ4v) is 2.81. The number of nitrogens with zero attached hydrogens (tertiary/aromatic N) is 3. The van der Waals surface area contributed by atoms with Crippen molar-refractivity contribution in [1.82, 2.24) is 20.3 Å². The summed E-state index contributed by atoms with van der Waals surface area (Å²) in [5, 5.41) is 3.05. The van der Waals surface area contributed by atoms with E-state index in [1.165, 1.54) is 7.11 Å². The van der Waals surface area contributed by atoms with Gasteiger partial charge in [0.05, 0.1) is 7.11 Å². The molecule has 3 rings (SSSR count). The van der Waals surface area contributed by atoms with Crippen LogP contribution >= 0.6 is 0 Å². The van der Waals surface area contributed by atoms with E-state index in [1.54, 1.807) is 36.8 Å². The maximum absolute atomic E-state index is 12.4. The van der Waals surface area contributed by atoms with E-state index in [0.29, 0.717) is 17.5 Å². The minimum Gasteiger partial charge on any atom is -0.480 e. The lowest BCUT2D eigenvalue weighted by Crippen LogP contribution is -2.40. The molecule has 0 aliphatic heterocycles. The van der Waals surface area contributed by atoms with Gasteiger partial charge in [-0.3, -0.25) is 4.79 Å². The van der Waals surface area contributed by atoms with E-state index < -0.39 is 0 Å². The molecular weight excluding hydrogens is 308 g/mol. The predicted molar refractivity (Wildman–Crippen MR) is 87.0 cm³/mol. The van der Waals surface area contributed by atoms with Gasteiger partial charge in [-0.25, -0.2) is 15.0 Å². The van der Waals surface area contributed by atoms with Crippen LogP contribution in [0.5, 0.6) is 11.9 Å². The lowest BCUT2D eigenvalue weighted by molar-refractivity contribution is 0.0881. The van der Waals surface area contributed by atoms with Crippen LogP contribution in [0.3, 0.4) is 0 Å². The molecule has 1 saturated carbocycles. The molecule has 0 saturated heterocycles. The quantitative estimate of drug-likeness (QED) is 0.903. The molecule has 0 aromatic carbocycles. The Hall–Kier alpha value is -2.70. The molecular formula is C17H20N4O3. The summed E-state index contributed by atoms with van der Waals surface area (Å²) in [5.41, 5.74) is 0.455. The molecule has 0 atom stereocenters. The molecule has 0 unspecified atom stereocenters. The number of aromatic nitrogens is 3. The van der Waals surface area contributed by atoms with Crippen LogP contribution in [0.2, 0.25) is 0 Å². The summed E-state index contributed by atoms with van der Waals surface area (Å²) in [4.78, 5) is 24.6. The van der Waals surface area contributed by atoms with Crippen molar-refractivity contribution in [2.24, 2.45) is 0 Å². The summed E-state index contributed by atoms with van der Waals surface area (Å²) in [6, 6.07) is 5.72. The van der Waals surface area contributed by atoms with Crippen molar-refractivity contribution in [3.8, 4) is 11.9 Å². The van der Waals surface area contributed by atoms with E-state index in [1.807, 2.05) is 0 Å². The molecule has 2 aromatic heterocycles. The van der Waals surface area contributed by atoms with Gasteiger partial charge in [-0.05, 0) is 43.9 Å². The number of hydrogen-bond donors (Lipinski definition) is 1. The van der Waals surface area contributed by atoms with E-state index in [4.69, 9.17) is 9.47 Å². The van der Waals surface area contributed by atoms with E-state index >= 15 is 0 Å². The molecule has 2 heterocycles. The van der Waals surface area contributed by atoms with Crippen LogP contribution in [-0.4, -0.2) is 40.1 Å². The molecule has 24 heavy (non-hydrogen) atoms. The van der Waals surface area contributed by atoms with E-state index in [0.717, 1.165) is 25.7 Å². The highest BCUT2D eigenvalue weighted by atomic mass is 16.5. The summed E-state index contributed by atoms with van der Waals surface area (Å²) in [7, 11) is 1.51. The number of hydrogen-bond acceptors (Lipinski definition) is 6. The van der Waals surface area contributed by atoms with Crippen LogP contribution in [0.1, 0.15) is 36.0 Å². The average molecular weight is 328 g/mol. The maximum Gasteiger partial charge on any atom is 0.316 e. The van der Waals surface area contributed by atoms with Crippen molar-refractivity contribution in [1.29, 1.82) is 0 Å². The van der Waals surface area contributed by atoms with E-state index in [9.17, 15) is 4.79 Å². The van der Waals surface area contributed by atoms with Crippen molar-refractivity contribution in [2.45, 2.75) is 37.8 Å². The van der Waals surface area contributed by atoms with Gasteiger partial charge in [-0.15, -0.1) is 0 Å². The number of carbonyl (C=O) groups is 1. The molecule has 1 aliphatic carbocycles. The molecule has 7 nitrogen and oxygen atoms in total. The Kier molecular flexibility index (Phi) is 5.20. The van der Waals surface area contributed by atoms with Crippen LogP contribution in [0, 0.1) is 0 Å². The van der Waals surface area contributed by atoms with Crippen LogP contribution in [0.4, 0.5) is 0 Å². The van der Waals surface area contributed by atoms with Gasteiger partial charge in [0.15, 0.2) is 0 Å². The van der Waals surface area contributed by atoms with Crippen LogP contribution in [0.15, 0.2) is 36.8 Å². The second-order valence-corrected chi connectivity index (χ2v) is 5.66. The Balaban J connectivity index is 1.51. The lowest BCUT2D eigenvalue weighted by atomic mass is 9.93. The zero-order valence-corrected chi connectivity index (χ0v) is 13.5. The fourth-order valence-electron chi connectivity index (χ4n) is 2.81. The maximum atomic E-state index is 12.4. The van der Waals surface area contributed by atoms with Gasteiger partial charge in [-0.1, -0.05) is 0 Å². The first-order valence-electron chi connectivity index (χ1n) is 8.00. The Bertz CT molecular complexity index is 673. The normalized spacial score (nSPS) is 20.2. The molecule has 0 radical (unpaired) electrons. The van der Waals surface area contributed by atoms with Crippen LogP contribution in [-0.2, 0) is 0 Å². The number of nitrogens with one attached hydrogen (secondary N) is 1. The molecule has 1 fully saturated rings. The van der Waals surface area contributed by atoms with Gasteiger partial charge in [0.2, 0.25) is 5.88 Å². The van der Waals surface area contributed by atoms with Crippen LogP contribution < -0.4 is 14.8 Å². The highest BCUT2D eigenvalue weighted by molar-refractivity contribution is 5.96. The Morgan fingerprint density at radius 1 is 1.08 bits per heavy atom. The standard InChI is InChI=1S/C17H20N4O3/c1-23-16-14(4-2-9-18-16)15(22)21-12-5-7-13(8-6-12)24-17-19-10-3-11-20-17/h2-4,9-13H,5-8H2,1H3,(H,21,22). The van der Waals surface area contributed by atoms with Crippen molar-refractivity contribution in [3.63, 3.8) is 0 Å². The second kappa shape index (κ2) is 7.72. The molecule has 1 N–H and O–H groups in total. The third kappa shape index (κ3) is 3.98. The molecule has 0 spiro atoms. The largest absolute Gasteiger partial charge is 0.480 e. The average Bonchev–Trinajstić information content (AvgIpc) is 2.64. The van der Waals surface area contributed by atoms with Crippen molar-refractivity contribution < 1.29 is 14.3 Å². The minimum absolute atomic E-state index is 0.0912. The van der Waals surface area contributed by atoms with Crippen molar-refractivity contribution in [3.05, 3.63) is 42.4 Å².